The summed E-state index contributed by atoms with van der Waals surface area (Å²) < 4.78 is 25.2. The van der Waals surface area contributed by atoms with Crippen molar-refractivity contribution in [1.82, 2.24) is 0 Å². The SMILES string of the molecule is CC1CCC(Nc2ccccc2NS(C)(=O)=O)C1. The van der Waals surface area contributed by atoms with E-state index >= 15 is 0 Å². The number of rotatable bonds is 4. The van der Waals surface area contributed by atoms with Crippen LogP contribution in [0.3, 0.4) is 0 Å². The molecule has 1 aromatic rings. The van der Waals surface area contributed by atoms with Crippen molar-refractivity contribution in [2.24, 2.45) is 5.92 Å². The van der Waals surface area contributed by atoms with Gasteiger partial charge in [0.05, 0.1) is 17.6 Å². The van der Waals surface area contributed by atoms with Crippen molar-refractivity contribution < 1.29 is 8.42 Å². The highest BCUT2D eigenvalue weighted by Gasteiger charge is 2.21. The molecule has 1 aliphatic carbocycles. The third-order valence-corrected chi connectivity index (χ3v) is 3.87. The monoisotopic (exact) mass is 268 g/mol. The maximum atomic E-state index is 11.3. The molecule has 18 heavy (non-hydrogen) atoms. The fourth-order valence-electron chi connectivity index (χ4n) is 2.46. The first-order chi connectivity index (χ1) is 8.44. The van der Waals surface area contributed by atoms with Gasteiger partial charge in [-0.05, 0) is 37.3 Å². The molecule has 0 saturated heterocycles. The first-order valence-corrected chi connectivity index (χ1v) is 8.16. The molecular weight excluding hydrogens is 248 g/mol. The van der Waals surface area contributed by atoms with Crippen molar-refractivity contribution in [3.05, 3.63) is 24.3 Å². The van der Waals surface area contributed by atoms with Crippen molar-refractivity contribution in [1.29, 1.82) is 0 Å². The molecule has 1 aliphatic rings. The van der Waals surface area contributed by atoms with E-state index in [4.69, 9.17) is 0 Å². The van der Waals surface area contributed by atoms with Crippen LogP contribution in [0, 0.1) is 5.92 Å². The van der Waals surface area contributed by atoms with Crippen LogP contribution in [0.1, 0.15) is 26.2 Å². The Morgan fingerprint density at radius 3 is 2.39 bits per heavy atom. The van der Waals surface area contributed by atoms with E-state index in [2.05, 4.69) is 17.0 Å². The van der Waals surface area contributed by atoms with Gasteiger partial charge in [0.15, 0.2) is 0 Å². The number of hydrogen-bond donors (Lipinski definition) is 2. The average molecular weight is 268 g/mol. The average Bonchev–Trinajstić information content (AvgIpc) is 2.65. The van der Waals surface area contributed by atoms with Crippen molar-refractivity contribution in [2.75, 3.05) is 16.3 Å². The molecule has 0 amide bonds. The van der Waals surface area contributed by atoms with E-state index < -0.39 is 10.0 Å². The van der Waals surface area contributed by atoms with Gasteiger partial charge >= 0.3 is 0 Å². The summed E-state index contributed by atoms with van der Waals surface area (Å²) in [6.07, 6.45) is 4.70. The normalized spacial score (nSPS) is 23.9. The Hall–Kier alpha value is -1.23. The minimum absolute atomic E-state index is 0.447. The second-order valence-corrected chi connectivity index (χ2v) is 6.93. The van der Waals surface area contributed by atoms with E-state index in [0.717, 1.165) is 24.4 Å². The largest absolute Gasteiger partial charge is 0.381 e. The molecule has 100 valence electrons. The Morgan fingerprint density at radius 1 is 1.17 bits per heavy atom. The summed E-state index contributed by atoms with van der Waals surface area (Å²) in [5, 5.41) is 3.44. The number of nitrogens with one attached hydrogen (secondary N) is 2. The fraction of sp³-hybridized carbons (Fsp3) is 0.538. The zero-order valence-corrected chi connectivity index (χ0v) is 11.6. The van der Waals surface area contributed by atoms with Gasteiger partial charge in [0, 0.05) is 6.04 Å². The van der Waals surface area contributed by atoms with Crippen molar-refractivity contribution in [2.45, 2.75) is 32.2 Å². The van der Waals surface area contributed by atoms with Gasteiger partial charge in [-0.25, -0.2) is 8.42 Å². The molecule has 0 spiro atoms. The smallest absolute Gasteiger partial charge is 0.229 e. The Labute approximate surface area is 109 Å². The van der Waals surface area contributed by atoms with Crippen LogP contribution < -0.4 is 10.0 Å². The van der Waals surface area contributed by atoms with E-state index in [9.17, 15) is 8.42 Å². The topological polar surface area (TPSA) is 58.2 Å². The summed E-state index contributed by atoms with van der Waals surface area (Å²) in [6.45, 7) is 2.25. The van der Waals surface area contributed by atoms with Gasteiger partial charge < -0.3 is 5.32 Å². The Morgan fingerprint density at radius 2 is 1.83 bits per heavy atom. The molecule has 0 radical (unpaired) electrons. The Kier molecular flexibility index (Phi) is 3.80. The number of sulfonamides is 1. The standard InChI is InChI=1S/C13H20N2O2S/c1-10-7-8-11(9-10)14-12-5-3-4-6-13(12)15-18(2,16)17/h3-6,10-11,14-15H,7-9H2,1-2H3. The maximum absolute atomic E-state index is 11.3. The lowest BCUT2D eigenvalue weighted by molar-refractivity contribution is 0.602. The van der Waals surface area contributed by atoms with Gasteiger partial charge in [0.25, 0.3) is 0 Å². The van der Waals surface area contributed by atoms with Crippen LogP contribution in [0.2, 0.25) is 0 Å². The molecular formula is C13H20N2O2S. The molecule has 1 saturated carbocycles. The number of para-hydroxylation sites is 2. The second kappa shape index (κ2) is 5.18. The molecule has 0 aliphatic heterocycles. The van der Waals surface area contributed by atoms with Crippen LogP contribution in [-0.2, 0) is 10.0 Å². The first kappa shape index (κ1) is 13.2. The van der Waals surface area contributed by atoms with Crippen LogP contribution in [-0.4, -0.2) is 20.7 Å². The molecule has 0 bridgehead atoms. The lowest BCUT2D eigenvalue weighted by Crippen LogP contribution is -2.18. The van der Waals surface area contributed by atoms with Crippen LogP contribution in [0.25, 0.3) is 0 Å². The molecule has 5 heteroatoms. The summed E-state index contributed by atoms with van der Waals surface area (Å²) in [7, 11) is -3.23. The number of hydrogen-bond acceptors (Lipinski definition) is 3. The summed E-state index contributed by atoms with van der Waals surface area (Å²) in [5.41, 5.74) is 1.49. The van der Waals surface area contributed by atoms with Gasteiger partial charge in [-0.15, -0.1) is 0 Å². The molecule has 1 fully saturated rings. The van der Waals surface area contributed by atoms with E-state index in [1.807, 2.05) is 18.2 Å². The lowest BCUT2D eigenvalue weighted by Gasteiger charge is -2.17. The summed E-state index contributed by atoms with van der Waals surface area (Å²) in [5.74, 6) is 0.748. The summed E-state index contributed by atoms with van der Waals surface area (Å²) in [4.78, 5) is 0. The van der Waals surface area contributed by atoms with Gasteiger partial charge in [-0.3, -0.25) is 4.72 Å². The Balaban J connectivity index is 2.12. The fourth-order valence-corrected chi connectivity index (χ4v) is 3.03. The molecule has 2 N–H and O–H groups in total. The van der Waals surface area contributed by atoms with Crippen LogP contribution >= 0.6 is 0 Å². The molecule has 0 heterocycles. The predicted octanol–water partition coefficient (Wildman–Crippen LogP) is 2.66. The van der Waals surface area contributed by atoms with Gasteiger partial charge in [0.2, 0.25) is 10.0 Å². The zero-order chi connectivity index (χ0) is 13.2. The van der Waals surface area contributed by atoms with E-state index in [1.54, 1.807) is 6.07 Å². The molecule has 1 aromatic carbocycles. The quantitative estimate of drug-likeness (QED) is 0.882. The third-order valence-electron chi connectivity index (χ3n) is 3.28. The summed E-state index contributed by atoms with van der Waals surface area (Å²) >= 11 is 0. The molecule has 2 atom stereocenters. The van der Waals surface area contributed by atoms with Gasteiger partial charge in [-0.2, -0.15) is 0 Å². The molecule has 0 aromatic heterocycles. The van der Waals surface area contributed by atoms with Crippen molar-refractivity contribution in [3.63, 3.8) is 0 Å². The molecule has 2 unspecified atom stereocenters. The number of anilines is 2. The summed E-state index contributed by atoms with van der Waals surface area (Å²) in [6, 6.07) is 7.88. The first-order valence-electron chi connectivity index (χ1n) is 6.27. The van der Waals surface area contributed by atoms with Crippen molar-refractivity contribution >= 4 is 21.4 Å². The molecule has 2 rings (SSSR count). The van der Waals surface area contributed by atoms with Gasteiger partial charge in [-0.1, -0.05) is 19.1 Å². The van der Waals surface area contributed by atoms with E-state index in [0.29, 0.717) is 11.7 Å². The highest BCUT2D eigenvalue weighted by atomic mass is 32.2. The van der Waals surface area contributed by atoms with Crippen molar-refractivity contribution in [3.8, 4) is 0 Å². The highest BCUT2D eigenvalue weighted by molar-refractivity contribution is 7.92. The van der Waals surface area contributed by atoms with Crippen LogP contribution in [0.5, 0.6) is 0 Å². The van der Waals surface area contributed by atoms with Gasteiger partial charge in [0.1, 0.15) is 0 Å². The van der Waals surface area contributed by atoms with Crippen LogP contribution in [0.4, 0.5) is 11.4 Å². The third kappa shape index (κ3) is 3.63. The minimum Gasteiger partial charge on any atom is -0.381 e. The predicted molar refractivity (Wildman–Crippen MR) is 75.3 cm³/mol. The second-order valence-electron chi connectivity index (χ2n) is 5.18. The Bertz CT molecular complexity index is 513. The minimum atomic E-state index is -3.23. The van der Waals surface area contributed by atoms with Crippen LogP contribution in [0.15, 0.2) is 24.3 Å². The molecule has 4 nitrogen and oxygen atoms in total. The highest BCUT2D eigenvalue weighted by Crippen LogP contribution is 2.30. The lowest BCUT2D eigenvalue weighted by atomic mass is 10.1. The maximum Gasteiger partial charge on any atom is 0.229 e. The number of benzene rings is 1. The van der Waals surface area contributed by atoms with E-state index in [1.165, 1.54) is 12.7 Å². The zero-order valence-electron chi connectivity index (χ0n) is 10.8. The van der Waals surface area contributed by atoms with E-state index in [-0.39, 0.29) is 0 Å².